The molecule has 1 unspecified atom stereocenters. The molecule has 1 aromatic rings. The monoisotopic (exact) mass is 218 g/mol. The first-order valence-electron chi connectivity index (χ1n) is 5.12. The predicted molar refractivity (Wildman–Crippen MR) is 65.3 cm³/mol. The molecule has 1 saturated heterocycles. The molecule has 0 N–H and O–H groups in total. The van der Waals surface area contributed by atoms with Gasteiger partial charge in [0.1, 0.15) is 0 Å². The normalized spacial score (nSPS) is 19.9. The lowest BCUT2D eigenvalue weighted by molar-refractivity contribution is 0.700. The molecule has 0 bridgehead atoms. The van der Waals surface area contributed by atoms with Gasteiger partial charge in [-0.3, -0.25) is 0 Å². The van der Waals surface area contributed by atoms with Crippen LogP contribution in [0.25, 0.3) is 0 Å². The molecule has 1 atom stereocenters. The first-order valence-corrected chi connectivity index (χ1v) is 6.27. The summed E-state index contributed by atoms with van der Waals surface area (Å²) in [6.07, 6.45) is 1.27. The highest BCUT2D eigenvalue weighted by Crippen LogP contribution is 2.25. The van der Waals surface area contributed by atoms with Crippen LogP contribution in [0.4, 0.5) is 5.69 Å². The van der Waals surface area contributed by atoms with Gasteiger partial charge in [-0.2, -0.15) is 17.0 Å². The molecular formula is C12H14N2S. The SMILES string of the molecule is CN(c1ccc(C#N)cc1)C1CCSC1. The molecule has 1 fully saturated rings. The van der Waals surface area contributed by atoms with Gasteiger partial charge < -0.3 is 4.90 Å². The second kappa shape index (κ2) is 4.59. The molecule has 1 heterocycles. The van der Waals surface area contributed by atoms with E-state index < -0.39 is 0 Å². The van der Waals surface area contributed by atoms with Gasteiger partial charge in [0.05, 0.1) is 11.6 Å². The van der Waals surface area contributed by atoms with Crippen LogP contribution in [0.3, 0.4) is 0 Å². The highest BCUT2D eigenvalue weighted by atomic mass is 32.2. The number of anilines is 1. The minimum Gasteiger partial charge on any atom is -0.371 e. The third-order valence-corrected chi connectivity index (χ3v) is 4.00. The smallest absolute Gasteiger partial charge is 0.0991 e. The fourth-order valence-corrected chi connectivity index (χ4v) is 3.08. The quantitative estimate of drug-likeness (QED) is 0.763. The highest BCUT2D eigenvalue weighted by molar-refractivity contribution is 7.99. The van der Waals surface area contributed by atoms with E-state index in [1.54, 1.807) is 0 Å². The van der Waals surface area contributed by atoms with E-state index in [4.69, 9.17) is 5.26 Å². The number of hydrogen-bond donors (Lipinski definition) is 0. The zero-order valence-corrected chi connectivity index (χ0v) is 9.63. The molecule has 2 rings (SSSR count). The summed E-state index contributed by atoms with van der Waals surface area (Å²) in [6.45, 7) is 0. The van der Waals surface area contributed by atoms with Gasteiger partial charge in [0.15, 0.2) is 0 Å². The Kier molecular flexibility index (Phi) is 3.17. The van der Waals surface area contributed by atoms with Crippen LogP contribution >= 0.6 is 11.8 Å². The maximum absolute atomic E-state index is 8.71. The van der Waals surface area contributed by atoms with E-state index in [0.717, 1.165) is 5.56 Å². The summed E-state index contributed by atoms with van der Waals surface area (Å²) in [5, 5.41) is 8.71. The van der Waals surface area contributed by atoms with Crippen molar-refractivity contribution in [2.45, 2.75) is 12.5 Å². The molecule has 2 nitrogen and oxygen atoms in total. The van der Waals surface area contributed by atoms with Gasteiger partial charge in [-0.1, -0.05) is 0 Å². The molecule has 15 heavy (non-hydrogen) atoms. The van der Waals surface area contributed by atoms with Crippen molar-refractivity contribution >= 4 is 17.4 Å². The van der Waals surface area contributed by atoms with Crippen LogP contribution < -0.4 is 4.90 Å². The van der Waals surface area contributed by atoms with Gasteiger partial charge in [0.2, 0.25) is 0 Å². The summed E-state index contributed by atoms with van der Waals surface area (Å²) in [7, 11) is 2.14. The van der Waals surface area contributed by atoms with Crippen molar-refractivity contribution in [2.75, 3.05) is 23.5 Å². The molecule has 0 saturated carbocycles. The zero-order valence-electron chi connectivity index (χ0n) is 8.81. The van der Waals surface area contributed by atoms with E-state index in [9.17, 15) is 0 Å². The molecule has 1 aromatic carbocycles. The average Bonchev–Trinajstić information content (AvgIpc) is 2.82. The number of thioether (sulfide) groups is 1. The van der Waals surface area contributed by atoms with Crippen LogP contribution in [-0.4, -0.2) is 24.6 Å². The van der Waals surface area contributed by atoms with Gasteiger partial charge in [0.25, 0.3) is 0 Å². The summed E-state index contributed by atoms with van der Waals surface area (Å²) in [4.78, 5) is 2.32. The highest BCUT2D eigenvalue weighted by Gasteiger charge is 2.19. The lowest BCUT2D eigenvalue weighted by atomic mass is 10.1. The third-order valence-electron chi connectivity index (χ3n) is 2.86. The molecule has 1 aliphatic heterocycles. The van der Waals surface area contributed by atoms with E-state index in [-0.39, 0.29) is 0 Å². The number of hydrogen-bond acceptors (Lipinski definition) is 3. The van der Waals surface area contributed by atoms with Crippen molar-refractivity contribution in [3.63, 3.8) is 0 Å². The summed E-state index contributed by atoms with van der Waals surface area (Å²) < 4.78 is 0. The zero-order chi connectivity index (χ0) is 10.7. The van der Waals surface area contributed by atoms with Gasteiger partial charge >= 0.3 is 0 Å². The Balaban J connectivity index is 2.11. The third kappa shape index (κ3) is 2.27. The lowest BCUT2D eigenvalue weighted by Gasteiger charge is -2.25. The summed E-state index contributed by atoms with van der Waals surface area (Å²) in [5.41, 5.74) is 1.94. The minimum absolute atomic E-state index is 0.655. The van der Waals surface area contributed by atoms with Crippen molar-refractivity contribution in [3.05, 3.63) is 29.8 Å². The fraction of sp³-hybridized carbons (Fsp3) is 0.417. The number of nitrogens with zero attached hydrogens (tertiary/aromatic N) is 2. The Morgan fingerprint density at radius 2 is 2.13 bits per heavy atom. The maximum atomic E-state index is 8.71. The molecule has 1 aliphatic rings. The van der Waals surface area contributed by atoms with Crippen LogP contribution in [0.2, 0.25) is 0 Å². The van der Waals surface area contributed by atoms with Crippen molar-refractivity contribution in [3.8, 4) is 6.07 Å². The van der Waals surface area contributed by atoms with Crippen molar-refractivity contribution in [1.82, 2.24) is 0 Å². The molecule has 0 aliphatic carbocycles. The van der Waals surface area contributed by atoms with Crippen LogP contribution in [0.5, 0.6) is 0 Å². The van der Waals surface area contributed by atoms with Gasteiger partial charge in [0, 0.05) is 24.5 Å². The van der Waals surface area contributed by atoms with Gasteiger partial charge in [-0.25, -0.2) is 0 Å². The molecular weight excluding hydrogens is 204 g/mol. The first kappa shape index (κ1) is 10.4. The van der Waals surface area contributed by atoms with Gasteiger partial charge in [-0.05, 0) is 36.4 Å². The van der Waals surface area contributed by atoms with E-state index in [1.807, 2.05) is 36.0 Å². The predicted octanol–water partition coefficient (Wildman–Crippen LogP) is 2.50. The van der Waals surface area contributed by atoms with Crippen LogP contribution in [0, 0.1) is 11.3 Å². The first-order chi connectivity index (χ1) is 7.31. The van der Waals surface area contributed by atoms with Gasteiger partial charge in [-0.15, -0.1) is 0 Å². The Morgan fingerprint density at radius 1 is 1.40 bits per heavy atom. The molecule has 78 valence electrons. The standard InChI is InChI=1S/C12H14N2S/c1-14(12-6-7-15-9-12)11-4-2-10(8-13)3-5-11/h2-5,12H,6-7,9H2,1H3. The van der Waals surface area contributed by atoms with E-state index in [2.05, 4.69) is 18.0 Å². The summed E-state index contributed by atoms with van der Waals surface area (Å²) >= 11 is 2.02. The molecule has 0 aromatic heterocycles. The maximum Gasteiger partial charge on any atom is 0.0991 e. The Bertz CT molecular complexity index is 360. The largest absolute Gasteiger partial charge is 0.371 e. The summed E-state index contributed by atoms with van der Waals surface area (Å²) in [5.74, 6) is 2.49. The number of benzene rings is 1. The second-order valence-corrected chi connectivity index (χ2v) is 4.94. The summed E-state index contributed by atoms with van der Waals surface area (Å²) in [6, 6.07) is 10.6. The molecule has 0 radical (unpaired) electrons. The molecule has 3 heteroatoms. The molecule has 0 spiro atoms. The Labute approximate surface area is 94.9 Å². The van der Waals surface area contributed by atoms with E-state index >= 15 is 0 Å². The molecule has 0 amide bonds. The minimum atomic E-state index is 0.655. The lowest BCUT2D eigenvalue weighted by Crippen LogP contribution is -2.31. The average molecular weight is 218 g/mol. The topological polar surface area (TPSA) is 27.0 Å². The second-order valence-electron chi connectivity index (χ2n) is 3.79. The van der Waals surface area contributed by atoms with E-state index in [0.29, 0.717) is 6.04 Å². The van der Waals surface area contributed by atoms with Crippen LogP contribution in [-0.2, 0) is 0 Å². The van der Waals surface area contributed by atoms with Crippen molar-refractivity contribution in [1.29, 1.82) is 5.26 Å². The number of rotatable bonds is 2. The van der Waals surface area contributed by atoms with Crippen molar-refractivity contribution in [2.24, 2.45) is 0 Å². The number of nitriles is 1. The van der Waals surface area contributed by atoms with Crippen molar-refractivity contribution < 1.29 is 0 Å². The Morgan fingerprint density at radius 3 is 2.67 bits per heavy atom. The fourth-order valence-electron chi connectivity index (χ4n) is 1.81. The van der Waals surface area contributed by atoms with Crippen LogP contribution in [0.1, 0.15) is 12.0 Å². The van der Waals surface area contributed by atoms with E-state index in [1.165, 1.54) is 23.6 Å². The Hall–Kier alpha value is -1.14. The van der Waals surface area contributed by atoms with Crippen LogP contribution in [0.15, 0.2) is 24.3 Å².